The van der Waals surface area contributed by atoms with Gasteiger partial charge in [0.05, 0.1) is 12.8 Å². The van der Waals surface area contributed by atoms with E-state index in [1.807, 2.05) is 47.4 Å². The fourth-order valence-corrected chi connectivity index (χ4v) is 3.55. The maximum absolute atomic E-state index is 13.5. The van der Waals surface area contributed by atoms with E-state index in [1.54, 1.807) is 31.8 Å². The minimum Gasteiger partial charge on any atom is -0.497 e. The number of carbonyl (C=O) groups excluding carboxylic acids is 1. The summed E-state index contributed by atoms with van der Waals surface area (Å²) in [5, 5.41) is 0. The molecule has 2 aromatic heterocycles. The number of pyridine rings is 1. The SMILES string of the molecule is COc1ccc(C(C(=O)N2CCN(c3ncccn3)CC2)c2ccccn2)cc1. The third kappa shape index (κ3) is 4.18. The molecule has 3 aromatic rings. The van der Waals surface area contributed by atoms with E-state index in [0.29, 0.717) is 32.1 Å². The van der Waals surface area contributed by atoms with Crippen LogP contribution in [0, 0.1) is 0 Å². The van der Waals surface area contributed by atoms with E-state index in [-0.39, 0.29) is 5.91 Å². The van der Waals surface area contributed by atoms with Gasteiger partial charge in [-0.1, -0.05) is 18.2 Å². The summed E-state index contributed by atoms with van der Waals surface area (Å²) in [5.74, 6) is 1.08. The van der Waals surface area contributed by atoms with E-state index >= 15 is 0 Å². The number of nitrogens with zero attached hydrogens (tertiary/aromatic N) is 5. The second-order valence-corrected chi connectivity index (χ2v) is 6.82. The van der Waals surface area contributed by atoms with E-state index in [4.69, 9.17) is 4.74 Å². The molecule has 1 aliphatic rings. The van der Waals surface area contributed by atoms with Crippen molar-refractivity contribution in [3.8, 4) is 5.75 Å². The molecular formula is C22H23N5O2. The molecule has 29 heavy (non-hydrogen) atoms. The van der Waals surface area contributed by atoms with Crippen molar-refractivity contribution >= 4 is 11.9 Å². The Balaban J connectivity index is 1.54. The van der Waals surface area contributed by atoms with Gasteiger partial charge in [-0.15, -0.1) is 0 Å². The molecule has 0 radical (unpaired) electrons. The molecule has 0 N–H and O–H groups in total. The van der Waals surface area contributed by atoms with Crippen molar-refractivity contribution < 1.29 is 9.53 Å². The fraction of sp³-hybridized carbons (Fsp3) is 0.273. The average molecular weight is 389 g/mol. The van der Waals surface area contributed by atoms with Gasteiger partial charge in [0.15, 0.2) is 0 Å². The van der Waals surface area contributed by atoms with Gasteiger partial charge < -0.3 is 14.5 Å². The van der Waals surface area contributed by atoms with Crippen molar-refractivity contribution in [3.63, 3.8) is 0 Å². The molecule has 7 nitrogen and oxygen atoms in total. The predicted molar refractivity (Wildman–Crippen MR) is 110 cm³/mol. The van der Waals surface area contributed by atoms with Crippen LogP contribution in [0.15, 0.2) is 67.1 Å². The largest absolute Gasteiger partial charge is 0.497 e. The number of anilines is 1. The summed E-state index contributed by atoms with van der Waals surface area (Å²) in [6.45, 7) is 2.65. The lowest BCUT2D eigenvalue weighted by atomic mass is 9.93. The van der Waals surface area contributed by atoms with E-state index in [1.165, 1.54) is 0 Å². The molecule has 1 fully saturated rings. The first-order valence-electron chi connectivity index (χ1n) is 9.62. The number of carbonyl (C=O) groups is 1. The molecule has 1 aliphatic heterocycles. The van der Waals surface area contributed by atoms with Crippen LogP contribution in [-0.2, 0) is 4.79 Å². The molecule has 1 saturated heterocycles. The summed E-state index contributed by atoms with van der Waals surface area (Å²) >= 11 is 0. The van der Waals surface area contributed by atoms with Crippen molar-refractivity contribution in [3.05, 3.63) is 78.4 Å². The lowest BCUT2D eigenvalue weighted by molar-refractivity contribution is -0.132. The van der Waals surface area contributed by atoms with Crippen LogP contribution < -0.4 is 9.64 Å². The number of amides is 1. The van der Waals surface area contributed by atoms with Crippen molar-refractivity contribution in [2.45, 2.75) is 5.92 Å². The quantitative estimate of drug-likeness (QED) is 0.667. The Morgan fingerprint density at radius 1 is 0.897 bits per heavy atom. The number of piperazine rings is 1. The highest BCUT2D eigenvalue weighted by molar-refractivity contribution is 5.87. The number of rotatable bonds is 5. The molecule has 4 rings (SSSR count). The maximum atomic E-state index is 13.5. The predicted octanol–water partition coefficient (Wildman–Crippen LogP) is 2.36. The van der Waals surface area contributed by atoms with Crippen molar-refractivity contribution in [2.24, 2.45) is 0 Å². The molecule has 0 bridgehead atoms. The van der Waals surface area contributed by atoms with Crippen molar-refractivity contribution in [2.75, 3.05) is 38.2 Å². The van der Waals surface area contributed by atoms with Crippen LogP contribution in [0.2, 0.25) is 0 Å². The molecule has 1 amide bonds. The molecule has 7 heteroatoms. The molecule has 0 spiro atoms. The first-order valence-corrected chi connectivity index (χ1v) is 9.62. The van der Waals surface area contributed by atoms with Gasteiger partial charge in [0.1, 0.15) is 11.7 Å². The molecule has 0 saturated carbocycles. The van der Waals surface area contributed by atoms with Gasteiger partial charge in [-0.3, -0.25) is 9.78 Å². The van der Waals surface area contributed by atoms with Gasteiger partial charge in [0.2, 0.25) is 11.9 Å². The maximum Gasteiger partial charge on any atom is 0.236 e. The Morgan fingerprint density at radius 3 is 2.21 bits per heavy atom. The van der Waals surface area contributed by atoms with Gasteiger partial charge in [-0.25, -0.2) is 9.97 Å². The zero-order valence-electron chi connectivity index (χ0n) is 16.3. The minimum absolute atomic E-state index is 0.0579. The van der Waals surface area contributed by atoms with E-state index < -0.39 is 5.92 Å². The Hall–Kier alpha value is -3.48. The monoisotopic (exact) mass is 389 g/mol. The zero-order valence-corrected chi connectivity index (χ0v) is 16.3. The summed E-state index contributed by atoms with van der Waals surface area (Å²) in [6, 6.07) is 15.1. The van der Waals surface area contributed by atoms with Crippen LogP contribution in [0.1, 0.15) is 17.2 Å². The second kappa shape index (κ2) is 8.68. The lowest BCUT2D eigenvalue weighted by Gasteiger charge is -2.36. The third-order valence-corrected chi connectivity index (χ3v) is 5.11. The highest BCUT2D eigenvalue weighted by Gasteiger charge is 2.31. The standard InChI is InChI=1S/C22H23N5O2/c1-29-18-8-6-17(7-9-18)20(19-5-2-3-10-23-19)21(28)26-13-15-27(16-14-26)22-24-11-4-12-25-22/h2-12,20H,13-16H2,1H3. The Labute approximate surface area is 170 Å². The van der Waals surface area contributed by atoms with E-state index in [2.05, 4.69) is 19.9 Å². The minimum atomic E-state index is -0.443. The molecule has 1 unspecified atom stereocenters. The van der Waals surface area contributed by atoms with Gasteiger partial charge in [0, 0.05) is 44.8 Å². The molecule has 3 heterocycles. The third-order valence-electron chi connectivity index (χ3n) is 5.11. The number of ether oxygens (including phenoxy) is 1. The topological polar surface area (TPSA) is 71.5 Å². The smallest absolute Gasteiger partial charge is 0.236 e. The van der Waals surface area contributed by atoms with Crippen LogP contribution >= 0.6 is 0 Å². The van der Waals surface area contributed by atoms with E-state index in [9.17, 15) is 4.79 Å². The van der Waals surface area contributed by atoms with Crippen LogP contribution in [0.3, 0.4) is 0 Å². The van der Waals surface area contributed by atoms with Gasteiger partial charge in [0.25, 0.3) is 0 Å². The summed E-state index contributed by atoms with van der Waals surface area (Å²) in [4.78, 5) is 30.6. The van der Waals surface area contributed by atoms with Crippen LogP contribution in [0.5, 0.6) is 5.75 Å². The van der Waals surface area contributed by atoms with Gasteiger partial charge in [-0.2, -0.15) is 0 Å². The Kier molecular flexibility index (Phi) is 5.65. The van der Waals surface area contributed by atoms with Crippen molar-refractivity contribution in [1.82, 2.24) is 19.9 Å². The summed E-state index contributed by atoms with van der Waals surface area (Å²) in [6.07, 6.45) is 5.20. The lowest BCUT2D eigenvalue weighted by Crippen LogP contribution is -2.50. The van der Waals surface area contributed by atoms with Gasteiger partial charge >= 0.3 is 0 Å². The zero-order chi connectivity index (χ0) is 20.1. The number of methoxy groups -OCH3 is 1. The van der Waals surface area contributed by atoms with Crippen LogP contribution in [0.4, 0.5) is 5.95 Å². The van der Waals surface area contributed by atoms with E-state index in [0.717, 1.165) is 17.0 Å². The number of benzene rings is 1. The normalized spacial score (nSPS) is 15.1. The van der Waals surface area contributed by atoms with Crippen molar-refractivity contribution in [1.29, 1.82) is 0 Å². The molecule has 148 valence electrons. The molecule has 1 atom stereocenters. The molecular weight excluding hydrogens is 366 g/mol. The summed E-state index contributed by atoms with van der Waals surface area (Å²) in [5.41, 5.74) is 1.65. The summed E-state index contributed by atoms with van der Waals surface area (Å²) < 4.78 is 5.26. The average Bonchev–Trinajstić information content (AvgIpc) is 2.81. The van der Waals surface area contributed by atoms with Crippen LogP contribution in [-0.4, -0.2) is 59.0 Å². The molecule has 0 aliphatic carbocycles. The first-order chi connectivity index (χ1) is 14.3. The highest BCUT2D eigenvalue weighted by Crippen LogP contribution is 2.28. The number of hydrogen-bond donors (Lipinski definition) is 0. The summed E-state index contributed by atoms with van der Waals surface area (Å²) in [7, 11) is 1.63. The number of hydrogen-bond acceptors (Lipinski definition) is 6. The highest BCUT2D eigenvalue weighted by atomic mass is 16.5. The fourth-order valence-electron chi connectivity index (χ4n) is 3.55. The number of aromatic nitrogens is 3. The molecule has 1 aromatic carbocycles. The second-order valence-electron chi connectivity index (χ2n) is 6.82. The first kappa shape index (κ1) is 18.9. The van der Waals surface area contributed by atoms with Crippen LogP contribution in [0.25, 0.3) is 0 Å². The van der Waals surface area contributed by atoms with Gasteiger partial charge in [-0.05, 0) is 35.9 Å². The Bertz CT molecular complexity index is 926. The Morgan fingerprint density at radius 2 is 1.59 bits per heavy atom.